The second kappa shape index (κ2) is 8.67. The average molecular weight is 290 g/mol. The van der Waals surface area contributed by atoms with Gasteiger partial charge in [-0.05, 0) is 49.5 Å². The molecule has 0 heterocycles. The maximum atomic E-state index is 11.5. The van der Waals surface area contributed by atoms with Crippen molar-refractivity contribution in [3.63, 3.8) is 0 Å². The van der Waals surface area contributed by atoms with E-state index in [0.29, 0.717) is 24.8 Å². The summed E-state index contributed by atoms with van der Waals surface area (Å²) in [4.78, 5) is 11.5. The maximum Gasteiger partial charge on any atom is 0.314 e. The van der Waals surface area contributed by atoms with E-state index in [0.717, 1.165) is 6.54 Å². The molecule has 0 aromatic heterocycles. The molecule has 0 unspecified atom stereocenters. The van der Waals surface area contributed by atoms with E-state index in [4.69, 9.17) is 5.11 Å². The van der Waals surface area contributed by atoms with Crippen LogP contribution in [0.5, 0.6) is 0 Å². The molecule has 4 nitrogen and oxygen atoms in total. The minimum absolute atomic E-state index is 0.115. The molecule has 116 valence electrons. The average Bonchev–Trinajstić information content (AvgIpc) is 2.54. The summed E-state index contributed by atoms with van der Waals surface area (Å²) in [6.45, 7) is 1.40. The molecule has 1 aliphatic carbocycles. The lowest BCUT2D eigenvalue weighted by Gasteiger charge is -2.29. The number of hydrogen-bond acceptors (Lipinski definition) is 2. The van der Waals surface area contributed by atoms with Crippen LogP contribution in [0.25, 0.3) is 0 Å². The number of aliphatic hydroxyl groups is 1. The molecule has 0 atom stereocenters. The van der Waals surface area contributed by atoms with Crippen LogP contribution in [0.15, 0.2) is 30.3 Å². The van der Waals surface area contributed by atoms with Gasteiger partial charge < -0.3 is 15.7 Å². The number of amides is 2. The summed E-state index contributed by atoms with van der Waals surface area (Å²) in [6.07, 6.45) is 5.38. The van der Waals surface area contributed by atoms with Gasteiger partial charge in [-0.3, -0.25) is 0 Å². The van der Waals surface area contributed by atoms with Crippen LogP contribution in [0.3, 0.4) is 0 Å². The van der Waals surface area contributed by atoms with Crippen LogP contribution in [0.2, 0.25) is 0 Å². The van der Waals surface area contributed by atoms with Crippen molar-refractivity contribution in [2.45, 2.75) is 38.0 Å². The van der Waals surface area contributed by atoms with Crippen molar-refractivity contribution in [3.05, 3.63) is 35.9 Å². The first-order valence-electron chi connectivity index (χ1n) is 7.97. The molecule has 0 spiro atoms. The van der Waals surface area contributed by atoms with Crippen LogP contribution < -0.4 is 10.6 Å². The van der Waals surface area contributed by atoms with E-state index in [2.05, 4.69) is 41.0 Å². The molecule has 4 heteroatoms. The lowest BCUT2D eigenvalue weighted by atomic mass is 9.79. The molecule has 2 amide bonds. The lowest BCUT2D eigenvalue weighted by Crippen LogP contribution is -2.39. The maximum absolute atomic E-state index is 11.5. The highest BCUT2D eigenvalue weighted by Crippen LogP contribution is 2.35. The van der Waals surface area contributed by atoms with Gasteiger partial charge in [0.25, 0.3) is 0 Å². The number of carbonyl (C=O) groups excluding carboxylic acids is 1. The fourth-order valence-electron chi connectivity index (χ4n) is 3.01. The van der Waals surface area contributed by atoms with E-state index < -0.39 is 0 Å². The van der Waals surface area contributed by atoms with E-state index in [9.17, 15) is 4.79 Å². The molecule has 1 aliphatic rings. The molecule has 3 N–H and O–H groups in total. The highest BCUT2D eigenvalue weighted by molar-refractivity contribution is 5.73. The molecule has 21 heavy (non-hydrogen) atoms. The Balaban J connectivity index is 1.64. The molecule has 0 radical (unpaired) electrons. The summed E-state index contributed by atoms with van der Waals surface area (Å²) in [7, 11) is 0. The molecule has 1 aromatic rings. The second-order valence-corrected chi connectivity index (χ2v) is 5.84. The van der Waals surface area contributed by atoms with Crippen LogP contribution in [0, 0.1) is 5.92 Å². The first kappa shape index (κ1) is 15.8. The molecular formula is C17H26N2O2. The van der Waals surface area contributed by atoms with Gasteiger partial charge in [-0.1, -0.05) is 30.3 Å². The monoisotopic (exact) mass is 290 g/mol. The largest absolute Gasteiger partial charge is 0.396 e. The highest BCUT2D eigenvalue weighted by atomic mass is 16.3. The van der Waals surface area contributed by atoms with Gasteiger partial charge in [-0.15, -0.1) is 0 Å². The molecule has 1 saturated carbocycles. The van der Waals surface area contributed by atoms with Gasteiger partial charge in [-0.25, -0.2) is 4.79 Å². The number of urea groups is 1. The number of hydrogen-bond donors (Lipinski definition) is 3. The molecule has 0 saturated heterocycles. The zero-order valence-corrected chi connectivity index (χ0v) is 12.6. The third-order valence-electron chi connectivity index (χ3n) is 4.29. The van der Waals surface area contributed by atoms with Crippen LogP contribution in [-0.2, 0) is 0 Å². The zero-order valence-electron chi connectivity index (χ0n) is 12.6. The summed E-state index contributed by atoms with van der Waals surface area (Å²) in [5.74, 6) is 1.27. The van der Waals surface area contributed by atoms with Crippen molar-refractivity contribution in [3.8, 4) is 0 Å². The molecule has 1 aromatic carbocycles. The van der Waals surface area contributed by atoms with Crippen molar-refractivity contribution in [2.75, 3.05) is 19.7 Å². The van der Waals surface area contributed by atoms with E-state index >= 15 is 0 Å². The van der Waals surface area contributed by atoms with E-state index in [1.54, 1.807) is 0 Å². The smallest absolute Gasteiger partial charge is 0.314 e. The highest BCUT2D eigenvalue weighted by Gasteiger charge is 2.22. The summed E-state index contributed by atoms with van der Waals surface area (Å²) in [6, 6.07) is 10.6. The van der Waals surface area contributed by atoms with Gasteiger partial charge in [0, 0.05) is 19.7 Å². The Kier molecular flexibility index (Phi) is 6.54. The summed E-state index contributed by atoms with van der Waals surface area (Å²) in [5.41, 5.74) is 1.45. The predicted octanol–water partition coefficient (Wildman–Crippen LogP) is 2.64. The van der Waals surface area contributed by atoms with Gasteiger partial charge in [0.05, 0.1) is 0 Å². The molecule has 2 rings (SSSR count). The zero-order chi connectivity index (χ0) is 14.9. The van der Waals surface area contributed by atoms with E-state index in [1.165, 1.54) is 31.2 Å². The summed E-state index contributed by atoms with van der Waals surface area (Å²) in [5, 5.41) is 14.3. The third kappa shape index (κ3) is 5.38. The van der Waals surface area contributed by atoms with Gasteiger partial charge >= 0.3 is 6.03 Å². The fraction of sp³-hybridized carbons (Fsp3) is 0.588. The van der Waals surface area contributed by atoms with E-state index in [-0.39, 0.29) is 12.6 Å². The minimum Gasteiger partial charge on any atom is -0.396 e. The van der Waals surface area contributed by atoms with Gasteiger partial charge in [0.1, 0.15) is 0 Å². The van der Waals surface area contributed by atoms with Gasteiger partial charge in [0.15, 0.2) is 0 Å². The Labute approximate surface area is 126 Å². The number of benzene rings is 1. The van der Waals surface area contributed by atoms with Gasteiger partial charge in [-0.2, -0.15) is 0 Å². The van der Waals surface area contributed by atoms with Crippen molar-refractivity contribution < 1.29 is 9.90 Å². The number of carbonyl (C=O) groups is 1. The van der Waals surface area contributed by atoms with Crippen LogP contribution in [-0.4, -0.2) is 30.8 Å². The Morgan fingerprint density at radius 1 is 1.10 bits per heavy atom. The van der Waals surface area contributed by atoms with Crippen LogP contribution in [0.1, 0.15) is 43.6 Å². The summed E-state index contributed by atoms with van der Waals surface area (Å²) < 4.78 is 0. The Morgan fingerprint density at radius 2 is 1.81 bits per heavy atom. The quantitative estimate of drug-likeness (QED) is 0.705. The number of aliphatic hydroxyl groups excluding tert-OH is 1. The Bertz CT molecular complexity index is 414. The Hall–Kier alpha value is -1.55. The van der Waals surface area contributed by atoms with Crippen molar-refractivity contribution in [1.82, 2.24) is 10.6 Å². The first-order valence-corrected chi connectivity index (χ1v) is 7.97. The van der Waals surface area contributed by atoms with E-state index in [1.807, 2.05) is 0 Å². The third-order valence-corrected chi connectivity index (χ3v) is 4.29. The molecule has 0 bridgehead atoms. The topological polar surface area (TPSA) is 61.4 Å². The first-order chi connectivity index (χ1) is 10.3. The van der Waals surface area contributed by atoms with Crippen molar-refractivity contribution in [1.29, 1.82) is 0 Å². The minimum atomic E-state index is -0.117. The van der Waals surface area contributed by atoms with Gasteiger partial charge in [0.2, 0.25) is 0 Å². The van der Waals surface area contributed by atoms with Crippen molar-refractivity contribution >= 4 is 6.03 Å². The predicted molar refractivity (Wildman–Crippen MR) is 84.2 cm³/mol. The Morgan fingerprint density at radius 3 is 2.48 bits per heavy atom. The number of rotatable bonds is 6. The summed E-state index contributed by atoms with van der Waals surface area (Å²) >= 11 is 0. The standard InChI is InChI=1S/C17H26N2O2/c20-12-4-11-18-17(21)19-13-14-7-9-16(10-8-14)15-5-2-1-3-6-15/h1-3,5-6,14,16,20H,4,7-13H2,(H2,18,19,21). The normalized spacial score (nSPS) is 21.8. The van der Waals surface area contributed by atoms with Crippen LogP contribution in [0.4, 0.5) is 4.79 Å². The van der Waals surface area contributed by atoms with Crippen molar-refractivity contribution in [2.24, 2.45) is 5.92 Å². The molecular weight excluding hydrogens is 264 g/mol. The molecule has 1 fully saturated rings. The lowest BCUT2D eigenvalue weighted by molar-refractivity contribution is 0.232. The second-order valence-electron chi connectivity index (χ2n) is 5.84. The SMILES string of the molecule is O=C(NCCCO)NCC1CCC(c2ccccc2)CC1. The fourth-order valence-corrected chi connectivity index (χ4v) is 3.01. The molecule has 0 aliphatic heterocycles. The van der Waals surface area contributed by atoms with Crippen LogP contribution >= 0.6 is 0 Å². The number of nitrogens with one attached hydrogen (secondary N) is 2.